The van der Waals surface area contributed by atoms with E-state index in [1.165, 1.54) is 16.9 Å². The maximum atomic E-state index is 6.12. The van der Waals surface area contributed by atoms with E-state index in [0.717, 1.165) is 27.3 Å². The van der Waals surface area contributed by atoms with Crippen molar-refractivity contribution in [2.24, 2.45) is 0 Å². The van der Waals surface area contributed by atoms with Crippen LogP contribution in [0.3, 0.4) is 0 Å². The molecule has 0 radical (unpaired) electrons. The Morgan fingerprint density at radius 1 is 1.14 bits per heavy atom. The van der Waals surface area contributed by atoms with Crippen LogP contribution in [-0.2, 0) is 6.42 Å². The van der Waals surface area contributed by atoms with Gasteiger partial charge in [0.05, 0.1) is 10.7 Å². The fraction of sp³-hybridized carbons (Fsp3) is 0.133. The molecule has 0 bridgehead atoms. The van der Waals surface area contributed by atoms with Gasteiger partial charge in [0.25, 0.3) is 0 Å². The van der Waals surface area contributed by atoms with Crippen LogP contribution in [0.1, 0.15) is 5.56 Å². The van der Waals surface area contributed by atoms with E-state index in [1.807, 2.05) is 36.5 Å². The molecular weight excluding hydrogens is 336 g/mol. The lowest BCUT2D eigenvalue weighted by atomic mass is 10.2. The molecule has 2 heterocycles. The number of para-hydroxylation sites is 1. The topological polar surface area (TPSA) is 50.7 Å². The van der Waals surface area contributed by atoms with Crippen LogP contribution in [0.25, 0.3) is 0 Å². The first kappa shape index (κ1) is 15.3. The van der Waals surface area contributed by atoms with Crippen LogP contribution in [0.15, 0.2) is 53.1 Å². The second-order valence-corrected chi connectivity index (χ2v) is 7.16. The summed E-state index contributed by atoms with van der Waals surface area (Å²) in [6.45, 7) is 0. The van der Waals surface area contributed by atoms with Gasteiger partial charge >= 0.3 is 0 Å². The van der Waals surface area contributed by atoms with Gasteiger partial charge in [-0.15, -0.1) is 10.2 Å². The molecule has 2 aromatic heterocycles. The third-order valence-corrected chi connectivity index (χ3v) is 5.16. The molecule has 3 rings (SSSR count). The van der Waals surface area contributed by atoms with E-state index in [9.17, 15) is 0 Å². The molecule has 3 aromatic rings. The van der Waals surface area contributed by atoms with E-state index in [0.29, 0.717) is 5.02 Å². The number of hydrogen-bond acceptors (Lipinski definition) is 6. The number of nitrogens with one attached hydrogen (secondary N) is 1. The molecule has 0 amide bonds. The van der Waals surface area contributed by atoms with E-state index >= 15 is 0 Å². The molecule has 1 N–H and O–H groups in total. The van der Waals surface area contributed by atoms with Gasteiger partial charge in [0.2, 0.25) is 5.13 Å². The van der Waals surface area contributed by atoms with Gasteiger partial charge in [0, 0.05) is 18.1 Å². The van der Waals surface area contributed by atoms with Gasteiger partial charge in [-0.3, -0.25) is 4.98 Å². The van der Waals surface area contributed by atoms with E-state index in [1.54, 1.807) is 18.0 Å². The molecule has 0 aliphatic heterocycles. The second-order valence-electron chi connectivity index (χ2n) is 4.44. The molecule has 0 atom stereocenters. The zero-order chi connectivity index (χ0) is 15.2. The molecule has 7 heteroatoms. The van der Waals surface area contributed by atoms with Crippen molar-refractivity contribution in [3.8, 4) is 0 Å². The summed E-state index contributed by atoms with van der Waals surface area (Å²) in [6.07, 6.45) is 4.64. The Morgan fingerprint density at radius 3 is 2.86 bits per heavy atom. The summed E-state index contributed by atoms with van der Waals surface area (Å²) in [6, 6.07) is 11.6. The smallest absolute Gasteiger partial charge is 0.210 e. The normalized spacial score (nSPS) is 10.6. The predicted molar refractivity (Wildman–Crippen MR) is 93.3 cm³/mol. The standard InChI is InChI=1S/C15H13ClN4S2/c16-12-5-1-2-6-13(12)18-14-19-20-15(22-14)21-9-7-11-4-3-8-17-10-11/h1-6,8,10H,7,9H2,(H,18,19). The van der Waals surface area contributed by atoms with E-state index in [4.69, 9.17) is 11.6 Å². The first-order valence-electron chi connectivity index (χ1n) is 6.68. The van der Waals surface area contributed by atoms with Crippen molar-refractivity contribution in [1.82, 2.24) is 15.2 Å². The number of halogens is 1. The third kappa shape index (κ3) is 4.19. The number of rotatable bonds is 6. The Hall–Kier alpha value is -1.63. The summed E-state index contributed by atoms with van der Waals surface area (Å²) in [7, 11) is 0. The van der Waals surface area contributed by atoms with Crippen LogP contribution in [0.2, 0.25) is 5.02 Å². The summed E-state index contributed by atoms with van der Waals surface area (Å²) in [4.78, 5) is 4.11. The number of anilines is 2. The van der Waals surface area contributed by atoms with E-state index in [-0.39, 0.29) is 0 Å². The monoisotopic (exact) mass is 348 g/mol. The number of thioether (sulfide) groups is 1. The first-order valence-corrected chi connectivity index (χ1v) is 8.86. The fourth-order valence-corrected chi connectivity index (χ4v) is 3.80. The maximum absolute atomic E-state index is 6.12. The Kier molecular flexibility index (Phi) is 5.26. The molecule has 112 valence electrons. The van der Waals surface area contributed by atoms with E-state index < -0.39 is 0 Å². The highest BCUT2D eigenvalue weighted by molar-refractivity contribution is 8.01. The van der Waals surface area contributed by atoms with Gasteiger partial charge in [-0.1, -0.05) is 52.9 Å². The largest absolute Gasteiger partial charge is 0.329 e. The second kappa shape index (κ2) is 7.58. The Balaban J connectivity index is 1.54. The van der Waals surface area contributed by atoms with Crippen molar-refractivity contribution in [2.45, 2.75) is 10.8 Å². The van der Waals surface area contributed by atoms with Crippen LogP contribution in [0.4, 0.5) is 10.8 Å². The van der Waals surface area contributed by atoms with Crippen molar-refractivity contribution < 1.29 is 0 Å². The van der Waals surface area contributed by atoms with E-state index in [2.05, 4.69) is 26.6 Å². The molecule has 22 heavy (non-hydrogen) atoms. The van der Waals surface area contributed by atoms with Crippen LogP contribution in [0.5, 0.6) is 0 Å². The molecule has 4 nitrogen and oxygen atoms in total. The van der Waals surface area contributed by atoms with Crippen LogP contribution < -0.4 is 5.32 Å². The summed E-state index contributed by atoms with van der Waals surface area (Å²) in [5, 5.41) is 12.9. The number of aromatic nitrogens is 3. The molecule has 0 aliphatic carbocycles. The van der Waals surface area contributed by atoms with Crippen molar-refractivity contribution in [3.05, 3.63) is 59.4 Å². The number of benzene rings is 1. The number of pyridine rings is 1. The number of hydrogen-bond donors (Lipinski definition) is 1. The van der Waals surface area contributed by atoms with Crippen molar-refractivity contribution in [2.75, 3.05) is 11.1 Å². The lowest BCUT2D eigenvalue weighted by Crippen LogP contribution is -1.89. The molecular formula is C15H13ClN4S2. The highest BCUT2D eigenvalue weighted by Crippen LogP contribution is 2.30. The maximum Gasteiger partial charge on any atom is 0.210 e. The number of aryl methyl sites for hydroxylation is 1. The zero-order valence-electron chi connectivity index (χ0n) is 11.6. The van der Waals surface area contributed by atoms with Crippen LogP contribution >= 0.6 is 34.7 Å². The Morgan fingerprint density at radius 2 is 2.05 bits per heavy atom. The molecule has 1 aromatic carbocycles. The van der Waals surface area contributed by atoms with Gasteiger partial charge in [-0.2, -0.15) is 0 Å². The van der Waals surface area contributed by atoms with Gasteiger partial charge in [0.1, 0.15) is 0 Å². The van der Waals surface area contributed by atoms with Gasteiger partial charge in [-0.25, -0.2) is 0 Å². The fourth-order valence-electron chi connectivity index (χ4n) is 1.80. The van der Waals surface area contributed by atoms with Crippen molar-refractivity contribution in [1.29, 1.82) is 0 Å². The summed E-state index contributed by atoms with van der Waals surface area (Å²) in [5.41, 5.74) is 2.07. The average molecular weight is 349 g/mol. The minimum absolute atomic E-state index is 0.670. The Labute approximate surface area is 142 Å². The lowest BCUT2D eigenvalue weighted by molar-refractivity contribution is 1.01. The van der Waals surface area contributed by atoms with Crippen molar-refractivity contribution in [3.63, 3.8) is 0 Å². The zero-order valence-corrected chi connectivity index (χ0v) is 14.0. The first-order chi connectivity index (χ1) is 10.8. The summed E-state index contributed by atoms with van der Waals surface area (Å²) >= 11 is 9.34. The average Bonchev–Trinajstić information content (AvgIpc) is 2.98. The van der Waals surface area contributed by atoms with Crippen LogP contribution in [0, 0.1) is 0 Å². The minimum Gasteiger partial charge on any atom is -0.329 e. The molecule has 0 fully saturated rings. The molecule has 0 unspecified atom stereocenters. The predicted octanol–water partition coefficient (Wildman–Crippen LogP) is 4.66. The summed E-state index contributed by atoms with van der Waals surface area (Å²) < 4.78 is 0.943. The highest BCUT2D eigenvalue weighted by atomic mass is 35.5. The van der Waals surface area contributed by atoms with Gasteiger partial charge < -0.3 is 5.32 Å². The molecule has 0 saturated heterocycles. The molecule has 0 aliphatic rings. The van der Waals surface area contributed by atoms with Crippen molar-refractivity contribution >= 4 is 45.5 Å². The minimum atomic E-state index is 0.670. The molecule has 0 saturated carbocycles. The number of nitrogens with zero attached hydrogens (tertiary/aromatic N) is 3. The van der Waals surface area contributed by atoms with Gasteiger partial charge in [0.15, 0.2) is 4.34 Å². The Bertz CT molecular complexity index is 733. The highest BCUT2D eigenvalue weighted by Gasteiger charge is 2.07. The van der Waals surface area contributed by atoms with Crippen LogP contribution in [-0.4, -0.2) is 20.9 Å². The quantitative estimate of drug-likeness (QED) is 0.656. The lowest BCUT2D eigenvalue weighted by Gasteiger charge is -2.02. The third-order valence-electron chi connectivity index (χ3n) is 2.86. The van der Waals surface area contributed by atoms with Gasteiger partial charge in [-0.05, 0) is 30.2 Å². The molecule has 0 spiro atoms. The summed E-state index contributed by atoms with van der Waals surface area (Å²) in [5.74, 6) is 0.951. The SMILES string of the molecule is Clc1ccccc1Nc1nnc(SCCc2cccnc2)s1.